The summed E-state index contributed by atoms with van der Waals surface area (Å²) < 4.78 is 0. The van der Waals surface area contributed by atoms with Crippen molar-refractivity contribution in [1.29, 1.82) is 0 Å². The molecule has 3 fully saturated rings. The van der Waals surface area contributed by atoms with E-state index in [4.69, 9.17) is 16.6 Å². The minimum absolute atomic E-state index is 0.0246. The van der Waals surface area contributed by atoms with Gasteiger partial charge in [0.2, 0.25) is 17.7 Å². The number of hydrogen-bond acceptors (Lipinski definition) is 20. The first-order valence-corrected chi connectivity index (χ1v) is 44.2. The molecule has 115 heavy (non-hydrogen) atoms. The van der Waals surface area contributed by atoms with E-state index in [0.29, 0.717) is 57.9 Å². The summed E-state index contributed by atoms with van der Waals surface area (Å²) in [5, 5.41) is 38.7. The highest BCUT2D eigenvalue weighted by atomic mass is 32.1. The second-order valence-corrected chi connectivity index (χ2v) is 37.3. The van der Waals surface area contributed by atoms with Crippen LogP contribution in [-0.2, 0) is 62.4 Å². The number of thiazole rings is 3. The van der Waals surface area contributed by atoms with Crippen molar-refractivity contribution < 1.29 is 63.6 Å². The van der Waals surface area contributed by atoms with E-state index in [1.807, 2.05) is 136 Å². The lowest BCUT2D eigenvalue weighted by Crippen LogP contribution is -2.53. The molecule has 3 saturated heterocycles. The highest BCUT2D eigenvalue weighted by Crippen LogP contribution is 2.38. The summed E-state index contributed by atoms with van der Waals surface area (Å²) in [4.78, 5) is 136. The monoisotopic (exact) mass is 1640 g/mol. The lowest BCUT2D eigenvalue weighted by molar-refractivity contribution is -0.146. The van der Waals surface area contributed by atoms with E-state index in [0.717, 1.165) is 116 Å². The molecule has 9 rings (SSSR count). The normalized spacial score (nSPS) is 18.3. The highest BCUT2D eigenvalue weighted by molar-refractivity contribution is 7.14. The number of carboxylic acid groups (broad SMARTS) is 1. The summed E-state index contributed by atoms with van der Waals surface area (Å²) >= 11 is 4.84. The van der Waals surface area contributed by atoms with Crippen LogP contribution < -0.4 is 11.5 Å². The molecule has 3 aliphatic rings. The first-order chi connectivity index (χ1) is 54.4. The van der Waals surface area contributed by atoms with E-state index in [-0.39, 0.29) is 105 Å². The lowest BCUT2D eigenvalue weighted by atomic mass is 9.76. The van der Waals surface area contributed by atoms with Gasteiger partial charge in [-0.25, -0.2) is 15.0 Å². The summed E-state index contributed by atoms with van der Waals surface area (Å²) in [5.41, 5.74) is 25.5. The summed E-state index contributed by atoms with van der Waals surface area (Å²) in [6, 6.07) is 22.0. The fourth-order valence-electron chi connectivity index (χ4n) is 14.8. The van der Waals surface area contributed by atoms with Crippen LogP contribution in [0.2, 0.25) is 0 Å². The zero-order valence-electron chi connectivity index (χ0n) is 70.9. The number of carbonyl (C=O) groups excluding carboxylic acids is 8. The minimum Gasteiger partial charge on any atom is -0.481 e. The number of aryl methyl sites for hydroxylation is 6. The number of unbranched alkanes of at least 4 members (excludes halogenated alkanes) is 9. The number of aliphatic carboxylic acids is 1. The number of benzene rings is 3. The number of Topliss-reactive ketones (excluding diaryl/α,β-unsaturated/α-hetero) is 5. The number of nitrogens with zero attached hydrogens (tertiary/aromatic N) is 6. The predicted molar refractivity (Wildman–Crippen MR) is 460 cm³/mol. The summed E-state index contributed by atoms with van der Waals surface area (Å²) in [6.45, 7) is 28.5. The molecule has 24 heteroatoms. The third-order valence-electron chi connectivity index (χ3n) is 22.2. The maximum atomic E-state index is 13.8. The standard InChI is InChI=1S/C33H48N2O4S.C32H47N3O4S.C23H31N3O3S.C3H6O2/c1-6-7-8-9-10-11-12-26(36)19-28(33(3,4)5)32(39)35-21-27(37)20-29(35)30(38)18-15-24-13-16-25(17-14-24)31-23(2)34-22-40-31;1-22-30(40-21-34-22)24-14-11-23(12-15-24)13-16-29(38)28-19-26(37)20-35(28)31(39)27(32(2,3)4)18-25(36)10-8-6-5-7-9-17-33;1-14-20(30-13-25-14)16-8-5-15(6-9-16)7-10-19(28)18-11-17(27)12-26(18)22(29)21(24)23(2,3)4;1-2-3(4)5/h13-14,16-17,22,27-29,37H,6-12,15,18-21H2,1-5H3;11-12,14-15,21,26-28,37H,5-10,13,16-20,33H2,1-4H3;5-6,8-9,13,17-18,21,27H,7,10-12,24H2,1-4H3;2H2,1H3,(H,4,5)/t27-,28-,29+;26-,27-,28+;17-,18+,21-;/m111./s1. The Bertz CT molecular complexity index is 3900. The molecule has 0 bridgehead atoms. The van der Waals surface area contributed by atoms with Crippen LogP contribution in [0.3, 0.4) is 0 Å². The van der Waals surface area contributed by atoms with E-state index in [2.05, 4.69) is 58.3 Å². The zero-order chi connectivity index (χ0) is 84.9. The van der Waals surface area contributed by atoms with Crippen LogP contribution in [0.25, 0.3) is 31.3 Å². The molecule has 9 atom stereocenters. The van der Waals surface area contributed by atoms with Gasteiger partial charge in [-0.2, -0.15) is 0 Å². The van der Waals surface area contributed by atoms with Gasteiger partial charge in [-0.15, -0.1) is 34.0 Å². The number of β-amino-alcohol motifs (C(OH)–C–C–N with tert-alkyl or cyclic N) is 3. The number of carbonyl (C=O) groups is 9. The van der Waals surface area contributed by atoms with Crippen LogP contribution in [0.5, 0.6) is 0 Å². The van der Waals surface area contributed by atoms with Crippen molar-refractivity contribution in [3.63, 3.8) is 0 Å². The first kappa shape index (κ1) is 96.4. The quantitative estimate of drug-likeness (QED) is 0.0197. The molecule has 3 aromatic carbocycles. The molecule has 3 aliphatic heterocycles. The van der Waals surface area contributed by atoms with Crippen LogP contribution in [-0.4, -0.2) is 171 Å². The number of hydrogen-bond donors (Lipinski definition) is 6. The maximum absolute atomic E-state index is 13.8. The van der Waals surface area contributed by atoms with E-state index in [9.17, 15) is 58.5 Å². The van der Waals surface area contributed by atoms with E-state index >= 15 is 0 Å². The van der Waals surface area contributed by atoms with Crippen molar-refractivity contribution >= 4 is 86.6 Å². The molecule has 3 amide bonds. The van der Waals surface area contributed by atoms with Crippen LogP contribution in [0.1, 0.15) is 251 Å². The number of likely N-dealkylation sites (tertiary alicyclic amines) is 3. The van der Waals surface area contributed by atoms with Crippen molar-refractivity contribution in [2.24, 2.45) is 39.5 Å². The number of amides is 3. The first-order valence-electron chi connectivity index (χ1n) is 41.6. The predicted octanol–water partition coefficient (Wildman–Crippen LogP) is 15.9. The summed E-state index contributed by atoms with van der Waals surface area (Å²) in [7, 11) is 0. The highest BCUT2D eigenvalue weighted by Gasteiger charge is 2.47. The lowest BCUT2D eigenvalue weighted by Gasteiger charge is -2.34. The number of rotatable bonds is 37. The van der Waals surface area contributed by atoms with Gasteiger partial charge in [0, 0.05) is 102 Å². The maximum Gasteiger partial charge on any atom is 0.303 e. The Kier molecular flexibility index (Phi) is 39.1. The van der Waals surface area contributed by atoms with E-state index in [1.54, 1.807) is 50.7 Å². The SMILES string of the molecule is CCC(=O)O.CCCCCCCCC(=O)C[C@H](C(=O)N1C[C@H](O)C[C@H]1C(=O)CCc1ccc(-c2scnc2C)cc1)C(C)(C)C.Cc1ncsc1-c1ccc(CCC(=O)[C@@H]2C[C@@H](O)CN2C(=O)[C@@H](CC(=O)CCCCCCCN)C(C)(C)C)cc1.Cc1ncsc1-c1ccc(CCC(=O)[C@@H]2C[C@@H](O)CN2C(=O)[C@@H](N)C(C)(C)C)cc1. The second kappa shape index (κ2) is 46.7. The Balaban J connectivity index is 0.000000263. The molecule has 8 N–H and O–H groups in total. The molecule has 0 spiro atoms. The molecular formula is C91H132N8O13S3. The second-order valence-electron chi connectivity index (χ2n) is 34.7. The van der Waals surface area contributed by atoms with Crippen molar-refractivity contribution in [3.8, 4) is 31.3 Å². The number of carboxylic acids is 1. The topological polar surface area (TPSA) is 335 Å². The third kappa shape index (κ3) is 30.5. The van der Waals surface area contributed by atoms with Crippen molar-refractivity contribution in [1.82, 2.24) is 29.7 Å². The van der Waals surface area contributed by atoms with E-state index in [1.165, 1.54) is 24.2 Å². The largest absolute Gasteiger partial charge is 0.481 e. The number of nitrogens with two attached hydrogens (primary N) is 2. The van der Waals surface area contributed by atoms with Gasteiger partial charge < -0.3 is 46.6 Å². The van der Waals surface area contributed by atoms with Crippen molar-refractivity contribution in [2.75, 3.05) is 26.2 Å². The Morgan fingerprint density at radius 3 is 0.983 bits per heavy atom. The summed E-state index contributed by atoms with van der Waals surface area (Å²) in [5.74, 6) is -2.30. The molecule has 632 valence electrons. The molecule has 3 aromatic heterocycles. The average molecular weight is 1640 g/mol. The van der Waals surface area contributed by atoms with Gasteiger partial charge in [0.15, 0.2) is 17.3 Å². The molecule has 0 unspecified atom stereocenters. The smallest absolute Gasteiger partial charge is 0.303 e. The molecule has 0 radical (unpaired) electrons. The molecule has 0 aliphatic carbocycles. The number of aliphatic hydroxyl groups is 3. The Morgan fingerprint density at radius 2 is 0.722 bits per heavy atom. The van der Waals surface area contributed by atoms with Gasteiger partial charge in [-0.05, 0) is 115 Å². The number of aromatic nitrogens is 3. The third-order valence-corrected chi connectivity index (χ3v) is 25.1. The molecule has 6 aromatic rings. The van der Waals surface area contributed by atoms with Gasteiger partial charge in [0.1, 0.15) is 11.6 Å². The molecule has 21 nitrogen and oxygen atoms in total. The van der Waals surface area contributed by atoms with Gasteiger partial charge in [0.25, 0.3) is 0 Å². The Hall–Kier alpha value is -7.42. The number of ketones is 5. The van der Waals surface area contributed by atoms with Gasteiger partial charge in [0.05, 0.1) is 90.7 Å². The van der Waals surface area contributed by atoms with Crippen LogP contribution in [0.15, 0.2) is 89.3 Å². The van der Waals surface area contributed by atoms with Crippen LogP contribution in [0.4, 0.5) is 0 Å². The van der Waals surface area contributed by atoms with Gasteiger partial charge >= 0.3 is 5.97 Å². The minimum atomic E-state index is -0.745. The summed E-state index contributed by atoms with van der Waals surface area (Å²) in [6.07, 6.45) is 14.5. The average Bonchev–Trinajstić information content (AvgIpc) is 1.68. The molecular weight excluding hydrogens is 1510 g/mol. The van der Waals surface area contributed by atoms with Gasteiger partial charge in [-0.1, -0.05) is 200 Å². The molecule has 6 heterocycles. The fraction of sp³-hybridized carbons (Fsp3) is 0.604. The Labute approximate surface area is 695 Å². The molecule has 0 saturated carbocycles. The van der Waals surface area contributed by atoms with Crippen molar-refractivity contribution in [3.05, 3.63) is 123 Å². The van der Waals surface area contributed by atoms with Crippen molar-refractivity contribution in [2.45, 2.75) is 300 Å². The van der Waals surface area contributed by atoms with Crippen LogP contribution >= 0.6 is 34.0 Å². The van der Waals surface area contributed by atoms with Crippen LogP contribution in [0, 0.1) is 48.9 Å². The van der Waals surface area contributed by atoms with E-state index < -0.39 is 76.5 Å². The fourth-order valence-corrected chi connectivity index (χ4v) is 17.3. The van der Waals surface area contributed by atoms with Gasteiger partial charge in [-0.3, -0.25) is 43.2 Å². The zero-order valence-corrected chi connectivity index (χ0v) is 73.3. The Morgan fingerprint density at radius 1 is 0.435 bits per heavy atom. The number of aliphatic hydroxyl groups excluding tert-OH is 3.